The maximum Gasteiger partial charge on any atom is 0.411 e. The number of carbonyl (C=O) groups is 4. The molecule has 2 aromatic rings. The highest BCUT2D eigenvalue weighted by atomic mass is 16.6. The molecule has 0 aromatic heterocycles. The molecule has 0 unspecified atom stereocenters. The highest BCUT2D eigenvalue weighted by Crippen LogP contribution is 2.21. The lowest BCUT2D eigenvalue weighted by atomic mass is 10.0. The van der Waals surface area contributed by atoms with Crippen LogP contribution >= 0.6 is 0 Å². The van der Waals surface area contributed by atoms with Crippen LogP contribution in [0.1, 0.15) is 38.3 Å². The molecule has 3 amide bonds. The van der Waals surface area contributed by atoms with Gasteiger partial charge in [0.1, 0.15) is 23.7 Å². The van der Waals surface area contributed by atoms with Gasteiger partial charge in [-0.2, -0.15) is 0 Å². The summed E-state index contributed by atoms with van der Waals surface area (Å²) in [5, 5.41) is 15.1. The maximum atomic E-state index is 13.4. The number of carbonyl (C=O) groups excluding carboxylic acids is 3. The van der Waals surface area contributed by atoms with Crippen molar-refractivity contribution in [2.75, 3.05) is 6.54 Å². The van der Waals surface area contributed by atoms with Crippen molar-refractivity contribution in [3.63, 3.8) is 0 Å². The first-order valence-electron chi connectivity index (χ1n) is 12.6. The number of rotatable bonds is 9. The number of benzene rings is 2. The molecule has 1 heterocycles. The standard InChI is InChI=1S/C28H36N4O6/c1-28(2,3)38-27(37)32-17-20(29)16-23(32)25(34)30-21(14-18-10-6-4-7-11-18)24(33)31-22(26(35)36)15-19-12-8-5-9-13-19/h4-13,20-23H,14-17,29H2,1-3H3,(H,30,34)(H,31,33)(H,35,36)/t20-,21+,22+,23-/m0/s1. The van der Waals surface area contributed by atoms with Gasteiger partial charge in [-0.3, -0.25) is 14.5 Å². The lowest BCUT2D eigenvalue weighted by Gasteiger charge is -2.29. The fraction of sp³-hybridized carbons (Fsp3) is 0.429. The molecular weight excluding hydrogens is 488 g/mol. The third-order valence-corrected chi connectivity index (χ3v) is 6.08. The SMILES string of the molecule is CC(C)(C)OC(=O)N1C[C@@H](N)C[C@H]1C(=O)N[C@H](Cc1ccccc1)C(=O)N[C@H](Cc1ccccc1)C(=O)O. The van der Waals surface area contributed by atoms with Crippen LogP contribution in [0.25, 0.3) is 0 Å². The monoisotopic (exact) mass is 524 g/mol. The number of hydrogen-bond acceptors (Lipinski definition) is 6. The van der Waals surface area contributed by atoms with Crippen LogP contribution in [0.2, 0.25) is 0 Å². The van der Waals surface area contributed by atoms with Gasteiger partial charge in [0.15, 0.2) is 0 Å². The van der Waals surface area contributed by atoms with E-state index in [1.165, 1.54) is 4.90 Å². The predicted octanol–water partition coefficient (Wildman–Crippen LogP) is 1.86. The first kappa shape index (κ1) is 28.6. The molecule has 10 nitrogen and oxygen atoms in total. The molecule has 1 saturated heterocycles. The minimum absolute atomic E-state index is 0.0812. The number of nitrogens with zero attached hydrogens (tertiary/aromatic N) is 1. The molecule has 2 aromatic carbocycles. The van der Waals surface area contributed by atoms with Crippen LogP contribution in [0.4, 0.5) is 4.79 Å². The van der Waals surface area contributed by atoms with E-state index in [4.69, 9.17) is 10.5 Å². The number of aliphatic carboxylic acids is 1. The van der Waals surface area contributed by atoms with Crippen LogP contribution in [0.3, 0.4) is 0 Å². The molecule has 4 atom stereocenters. The van der Waals surface area contributed by atoms with Crippen molar-refractivity contribution in [1.29, 1.82) is 0 Å². The van der Waals surface area contributed by atoms with Crippen LogP contribution in [-0.2, 0) is 32.0 Å². The molecule has 0 saturated carbocycles. The number of hydrogen-bond donors (Lipinski definition) is 4. The summed E-state index contributed by atoms with van der Waals surface area (Å²) in [6.45, 7) is 5.32. The first-order chi connectivity index (χ1) is 17.9. The van der Waals surface area contributed by atoms with Crippen molar-refractivity contribution < 1.29 is 29.0 Å². The quantitative estimate of drug-likeness (QED) is 0.391. The summed E-state index contributed by atoms with van der Waals surface area (Å²) in [6, 6.07) is 14.4. The number of ether oxygens (including phenoxy) is 1. The lowest BCUT2D eigenvalue weighted by Crippen LogP contribution is -2.56. The van der Waals surface area contributed by atoms with Gasteiger partial charge in [-0.15, -0.1) is 0 Å². The van der Waals surface area contributed by atoms with E-state index in [-0.39, 0.29) is 25.8 Å². The molecule has 0 aliphatic carbocycles. The Morgan fingerprint density at radius 1 is 0.947 bits per heavy atom. The van der Waals surface area contributed by atoms with Gasteiger partial charge in [-0.25, -0.2) is 9.59 Å². The molecule has 1 aliphatic heterocycles. The van der Waals surface area contributed by atoms with Gasteiger partial charge in [0.05, 0.1) is 0 Å². The fourth-order valence-electron chi connectivity index (χ4n) is 4.29. The smallest absolute Gasteiger partial charge is 0.411 e. The number of likely N-dealkylation sites (tertiary alicyclic amines) is 1. The molecule has 0 radical (unpaired) electrons. The second kappa shape index (κ2) is 12.6. The molecule has 10 heteroatoms. The molecular formula is C28H36N4O6. The van der Waals surface area contributed by atoms with Gasteiger partial charge >= 0.3 is 12.1 Å². The number of amides is 3. The van der Waals surface area contributed by atoms with E-state index < -0.39 is 53.6 Å². The predicted molar refractivity (Wildman–Crippen MR) is 141 cm³/mol. The average molecular weight is 525 g/mol. The third-order valence-electron chi connectivity index (χ3n) is 6.08. The van der Waals surface area contributed by atoms with E-state index in [0.717, 1.165) is 11.1 Å². The van der Waals surface area contributed by atoms with Gasteiger partial charge in [-0.1, -0.05) is 60.7 Å². The van der Waals surface area contributed by atoms with Gasteiger partial charge in [0.2, 0.25) is 11.8 Å². The van der Waals surface area contributed by atoms with Gasteiger partial charge in [0.25, 0.3) is 0 Å². The summed E-state index contributed by atoms with van der Waals surface area (Å²) in [5.41, 5.74) is 6.83. The van der Waals surface area contributed by atoms with E-state index in [0.29, 0.717) is 0 Å². The normalized spacial score (nSPS) is 18.8. The van der Waals surface area contributed by atoms with Crippen molar-refractivity contribution in [2.45, 2.75) is 69.8 Å². The minimum atomic E-state index is -1.20. The molecule has 1 aliphatic rings. The van der Waals surface area contributed by atoms with Crippen molar-refractivity contribution in [2.24, 2.45) is 5.73 Å². The van der Waals surface area contributed by atoms with E-state index in [2.05, 4.69) is 10.6 Å². The second-order valence-electron chi connectivity index (χ2n) is 10.5. The molecule has 5 N–H and O–H groups in total. The zero-order valence-electron chi connectivity index (χ0n) is 21.9. The van der Waals surface area contributed by atoms with Crippen LogP contribution < -0.4 is 16.4 Å². The fourth-order valence-corrected chi connectivity index (χ4v) is 4.29. The zero-order valence-corrected chi connectivity index (χ0v) is 21.9. The van der Waals surface area contributed by atoms with Crippen molar-refractivity contribution >= 4 is 23.9 Å². The number of nitrogens with two attached hydrogens (primary N) is 1. The summed E-state index contributed by atoms with van der Waals surface area (Å²) in [5.74, 6) is -2.39. The largest absolute Gasteiger partial charge is 0.480 e. The van der Waals surface area contributed by atoms with E-state index in [9.17, 15) is 24.3 Å². The van der Waals surface area contributed by atoms with Crippen LogP contribution in [0.5, 0.6) is 0 Å². The second-order valence-corrected chi connectivity index (χ2v) is 10.5. The number of carboxylic acids is 1. The van der Waals surface area contributed by atoms with E-state index in [1.807, 2.05) is 36.4 Å². The van der Waals surface area contributed by atoms with Crippen LogP contribution in [0.15, 0.2) is 60.7 Å². The molecule has 1 fully saturated rings. The summed E-state index contributed by atoms with van der Waals surface area (Å²) in [7, 11) is 0. The Balaban J connectivity index is 1.78. The summed E-state index contributed by atoms with van der Waals surface area (Å²) in [4.78, 5) is 52.7. The highest BCUT2D eigenvalue weighted by molar-refractivity contribution is 5.93. The Morgan fingerprint density at radius 2 is 1.47 bits per heavy atom. The van der Waals surface area contributed by atoms with E-state index >= 15 is 0 Å². The topological polar surface area (TPSA) is 151 Å². The van der Waals surface area contributed by atoms with Crippen molar-refractivity contribution in [1.82, 2.24) is 15.5 Å². The zero-order chi connectivity index (χ0) is 27.9. The number of nitrogens with one attached hydrogen (secondary N) is 2. The lowest BCUT2D eigenvalue weighted by molar-refractivity contribution is -0.142. The van der Waals surface area contributed by atoms with Gasteiger partial charge in [-0.05, 0) is 38.3 Å². The molecule has 3 rings (SSSR count). The van der Waals surface area contributed by atoms with E-state index in [1.54, 1.807) is 45.0 Å². The Labute approximate surface area is 222 Å². The molecule has 0 spiro atoms. The molecule has 204 valence electrons. The molecule has 0 bridgehead atoms. The summed E-state index contributed by atoms with van der Waals surface area (Å²) >= 11 is 0. The Kier molecular flexibility index (Phi) is 9.46. The Bertz CT molecular complexity index is 1120. The average Bonchev–Trinajstić information content (AvgIpc) is 3.25. The Hall–Kier alpha value is -3.92. The number of carboxylic acid groups (broad SMARTS) is 1. The van der Waals surface area contributed by atoms with Gasteiger partial charge < -0.3 is 26.2 Å². The minimum Gasteiger partial charge on any atom is -0.480 e. The van der Waals surface area contributed by atoms with Crippen LogP contribution in [-0.4, -0.2) is 70.2 Å². The van der Waals surface area contributed by atoms with Crippen LogP contribution in [0, 0.1) is 0 Å². The Morgan fingerprint density at radius 3 is 1.97 bits per heavy atom. The summed E-state index contributed by atoms with van der Waals surface area (Å²) < 4.78 is 5.44. The summed E-state index contributed by atoms with van der Waals surface area (Å²) in [6.07, 6.45) is -0.251. The van der Waals surface area contributed by atoms with Gasteiger partial charge in [0, 0.05) is 25.4 Å². The maximum absolute atomic E-state index is 13.4. The molecule has 38 heavy (non-hydrogen) atoms. The van der Waals surface area contributed by atoms with Crippen molar-refractivity contribution in [3.8, 4) is 0 Å². The third kappa shape index (κ3) is 8.31. The highest BCUT2D eigenvalue weighted by Gasteiger charge is 2.41. The first-order valence-corrected chi connectivity index (χ1v) is 12.6. The van der Waals surface area contributed by atoms with Crippen molar-refractivity contribution in [3.05, 3.63) is 71.8 Å².